The third kappa shape index (κ3) is 4.09. The Kier molecular flexibility index (Phi) is 4.78. The minimum atomic E-state index is -4.60. The number of carboxylic acids is 1. The van der Waals surface area contributed by atoms with Crippen molar-refractivity contribution in [3.05, 3.63) is 22.3 Å². The molecule has 106 valence electrons. The van der Waals surface area contributed by atoms with Crippen LogP contribution in [0.2, 0.25) is 0 Å². The summed E-state index contributed by atoms with van der Waals surface area (Å²) in [6.07, 6.45) is -4.60. The van der Waals surface area contributed by atoms with Crippen LogP contribution in [-0.2, 0) is 11.0 Å². The molecule has 0 aliphatic carbocycles. The van der Waals surface area contributed by atoms with E-state index in [2.05, 4.69) is 26.2 Å². The SMILES string of the molecule is CC(C)[C@@H](Nc1ccc(Br)c(C(F)(F)F)n1)C(=O)O. The summed E-state index contributed by atoms with van der Waals surface area (Å²) in [6.45, 7) is 3.30. The second kappa shape index (κ2) is 5.77. The molecule has 0 radical (unpaired) electrons. The lowest BCUT2D eigenvalue weighted by atomic mass is 10.1. The lowest BCUT2D eigenvalue weighted by Crippen LogP contribution is -2.34. The van der Waals surface area contributed by atoms with E-state index in [1.807, 2.05) is 0 Å². The zero-order valence-corrected chi connectivity index (χ0v) is 11.7. The van der Waals surface area contributed by atoms with Crippen molar-refractivity contribution in [3.63, 3.8) is 0 Å². The number of nitrogens with one attached hydrogen (secondary N) is 1. The van der Waals surface area contributed by atoms with E-state index in [1.54, 1.807) is 13.8 Å². The molecule has 8 heteroatoms. The molecule has 0 amide bonds. The first kappa shape index (κ1) is 15.7. The lowest BCUT2D eigenvalue weighted by Gasteiger charge is -2.19. The molecule has 0 spiro atoms. The quantitative estimate of drug-likeness (QED) is 0.881. The highest BCUT2D eigenvalue weighted by Crippen LogP contribution is 2.34. The van der Waals surface area contributed by atoms with Crippen LogP contribution < -0.4 is 5.32 Å². The molecule has 0 unspecified atom stereocenters. The topological polar surface area (TPSA) is 62.2 Å². The van der Waals surface area contributed by atoms with Crippen molar-refractivity contribution in [1.82, 2.24) is 4.98 Å². The van der Waals surface area contributed by atoms with Crippen LogP contribution in [0, 0.1) is 5.92 Å². The Morgan fingerprint density at radius 2 is 2.00 bits per heavy atom. The Hall–Kier alpha value is -1.31. The summed E-state index contributed by atoms with van der Waals surface area (Å²) in [6, 6.07) is 1.46. The summed E-state index contributed by atoms with van der Waals surface area (Å²) in [5.41, 5.74) is -1.09. The first-order valence-electron chi connectivity index (χ1n) is 5.36. The molecule has 0 bridgehead atoms. The predicted molar refractivity (Wildman–Crippen MR) is 66.8 cm³/mol. The predicted octanol–water partition coefficient (Wildman–Crippen LogP) is 3.38. The van der Waals surface area contributed by atoms with Crippen LogP contribution in [0.1, 0.15) is 19.5 Å². The van der Waals surface area contributed by atoms with E-state index in [1.165, 1.54) is 12.1 Å². The maximum absolute atomic E-state index is 12.6. The summed E-state index contributed by atoms with van der Waals surface area (Å²) in [5, 5.41) is 11.5. The second-order valence-electron chi connectivity index (χ2n) is 4.23. The van der Waals surface area contributed by atoms with Gasteiger partial charge in [-0.2, -0.15) is 13.2 Å². The molecule has 2 N–H and O–H groups in total. The molecule has 1 rings (SSSR count). The van der Waals surface area contributed by atoms with E-state index in [0.717, 1.165) is 0 Å². The van der Waals surface area contributed by atoms with Gasteiger partial charge in [0.25, 0.3) is 0 Å². The number of halogens is 4. The molecule has 0 saturated carbocycles. The normalized spacial score (nSPS) is 13.4. The van der Waals surface area contributed by atoms with Crippen LogP contribution in [0.15, 0.2) is 16.6 Å². The van der Waals surface area contributed by atoms with Crippen molar-refractivity contribution in [2.45, 2.75) is 26.1 Å². The van der Waals surface area contributed by atoms with Gasteiger partial charge in [-0.1, -0.05) is 13.8 Å². The van der Waals surface area contributed by atoms with Crippen molar-refractivity contribution >= 4 is 27.7 Å². The van der Waals surface area contributed by atoms with Crippen molar-refractivity contribution in [1.29, 1.82) is 0 Å². The lowest BCUT2D eigenvalue weighted by molar-refractivity contribution is -0.141. The van der Waals surface area contributed by atoms with Crippen molar-refractivity contribution < 1.29 is 23.1 Å². The number of carboxylic acid groups (broad SMARTS) is 1. The van der Waals surface area contributed by atoms with Gasteiger partial charge >= 0.3 is 12.1 Å². The van der Waals surface area contributed by atoms with E-state index in [-0.39, 0.29) is 16.2 Å². The Morgan fingerprint density at radius 3 is 2.42 bits per heavy atom. The number of carbonyl (C=O) groups is 1. The number of nitrogens with zero attached hydrogens (tertiary/aromatic N) is 1. The Bertz CT molecular complexity index is 477. The van der Waals surface area contributed by atoms with Gasteiger partial charge < -0.3 is 10.4 Å². The number of anilines is 1. The molecular formula is C11H12BrF3N2O2. The number of alkyl halides is 3. The fourth-order valence-electron chi connectivity index (χ4n) is 1.39. The fraction of sp³-hybridized carbons (Fsp3) is 0.455. The van der Waals surface area contributed by atoms with Crippen LogP contribution in [-0.4, -0.2) is 22.1 Å². The van der Waals surface area contributed by atoms with Crippen molar-refractivity contribution in [2.75, 3.05) is 5.32 Å². The highest BCUT2D eigenvalue weighted by atomic mass is 79.9. The third-order valence-electron chi connectivity index (χ3n) is 2.35. The largest absolute Gasteiger partial charge is 0.480 e. The van der Waals surface area contributed by atoms with Gasteiger partial charge in [-0.05, 0) is 34.0 Å². The fourth-order valence-corrected chi connectivity index (χ4v) is 1.84. The minimum absolute atomic E-state index is 0.128. The molecular weight excluding hydrogens is 329 g/mol. The molecule has 1 heterocycles. The van der Waals surface area contributed by atoms with Gasteiger partial charge in [0, 0.05) is 4.47 Å². The molecule has 0 aliphatic rings. The molecule has 1 atom stereocenters. The first-order chi connectivity index (χ1) is 8.62. The van der Waals surface area contributed by atoms with Gasteiger partial charge in [0.1, 0.15) is 11.9 Å². The van der Waals surface area contributed by atoms with Gasteiger partial charge in [0.05, 0.1) is 0 Å². The zero-order valence-electron chi connectivity index (χ0n) is 10.1. The summed E-state index contributed by atoms with van der Waals surface area (Å²) in [7, 11) is 0. The maximum Gasteiger partial charge on any atom is 0.434 e. The number of hydrogen-bond acceptors (Lipinski definition) is 3. The number of aliphatic carboxylic acids is 1. The van der Waals surface area contributed by atoms with E-state index in [9.17, 15) is 18.0 Å². The second-order valence-corrected chi connectivity index (χ2v) is 5.08. The first-order valence-corrected chi connectivity index (χ1v) is 6.15. The summed E-state index contributed by atoms with van der Waals surface area (Å²) >= 11 is 2.76. The molecule has 1 aromatic rings. The highest BCUT2D eigenvalue weighted by Gasteiger charge is 2.35. The van der Waals surface area contributed by atoms with Crippen LogP contribution in [0.4, 0.5) is 19.0 Å². The van der Waals surface area contributed by atoms with Crippen molar-refractivity contribution in [2.24, 2.45) is 5.92 Å². The average Bonchev–Trinajstić information content (AvgIpc) is 2.25. The molecule has 0 aliphatic heterocycles. The van der Waals surface area contributed by atoms with E-state index < -0.39 is 23.9 Å². The van der Waals surface area contributed by atoms with Crippen LogP contribution in [0.5, 0.6) is 0 Å². The average molecular weight is 341 g/mol. The van der Waals surface area contributed by atoms with Crippen molar-refractivity contribution in [3.8, 4) is 0 Å². The summed E-state index contributed by atoms with van der Waals surface area (Å²) in [4.78, 5) is 14.4. The molecule has 19 heavy (non-hydrogen) atoms. The Morgan fingerprint density at radius 1 is 1.42 bits per heavy atom. The van der Waals surface area contributed by atoms with Gasteiger partial charge in [-0.15, -0.1) is 0 Å². The molecule has 1 aromatic heterocycles. The van der Waals surface area contributed by atoms with Crippen LogP contribution >= 0.6 is 15.9 Å². The standard InChI is InChI=1S/C11H12BrF3N2O2/c1-5(2)8(10(18)19)16-7-4-3-6(12)9(17-7)11(13,14)15/h3-5,8H,1-2H3,(H,16,17)(H,18,19)/t8-/m1/s1. The number of pyridine rings is 1. The van der Waals surface area contributed by atoms with E-state index >= 15 is 0 Å². The van der Waals surface area contributed by atoms with E-state index in [0.29, 0.717) is 0 Å². The van der Waals surface area contributed by atoms with Crippen LogP contribution in [0.3, 0.4) is 0 Å². The maximum atomic E-state index is 12.6. The van der Waals surface area contributed by atoms with Gasteiger partial charge in [-0.25, -0.2) is 9.78 Å². The number of aromatic nitrogens is 1. The highest BCUT2D eigenvalue weighted by molar-refractivity contribution is 9.10. The Labute approximate surface area is 116 Å². The summed E-state index contributed by atoms with van der Waals surface area (Å²) < 4.78 is 37.7. The van der Waals surface area contributed by atoms with Gasteiger partial charge in [0.2, 0.25) is 0 Å². The van der Waals surface area contributed by atoms with Crippen LogP contribution in [0.25, 0.3) is 0 Å². The molecule has 0 fully saturated rings. The van der Waals surface area contributed by atoms with Gasteiger partial charge in [0.15, 0.2) is 5.69 Å². The molecule has 0 aromatic carbocycles. The monoisotopic (exact) mass is 340 g/mol. The number of rotatable bonds is 4. The molecule has 4 nitrogen and oxygen atoms in total. The number of hydrogen-bond donors (Lipinski definition) is 2. The Balaban J connectivity index is 3.06. The molecule has 0 saturated heterocycles. The summed E-state index contributed by atoms with van der Waals surface area (Å²) in [5.74, 6) is -1.57. The van der Waals surface area contributed by atoms with E-state index in [4.69, 9.17) is 5.11 Å². The zero-order chi connectivity index (χ0) is 14.8. The smallest absolute Gasteiger partial charge is 0.434 e. The third-order valence-corrected chi connectivity index (χ3v) is 2.99. The minimum Gasteiger partial charge on any atom is -0.480 e. The van der Waals surface area contributed by atoms with Gasteiger partial charge in [-0.3, -0.25) is 0 Å².